The number of halogens is 3. The number of hydrogen-bond acceptors (Lipinski definition) is 5. The van der Waals surface area contributed by atoms with Crippen LogP contribution in [-0.2, 0) is 14.8 Å². The van der Waals surface area contributed by atoms with Crippen molar-refractivity contribution in [3.05, 3.63) is 77.6 Å². The van der Waals surface area contributed by atoms with Crippen molar-refractivity contribution in [1.82, 2.24) is 14.5 Å². The van der Waals surface area contributed by atoms with E-state index in [4.69, 9.17) is 13.9 Å². The number of ether oxygens (including phenoxy) is 2. The zero-order valence-corrected chi connectivity index (χ0v) is 23.8. The first-order valence-electron chi connectivity index (χ1n) is 12.8. The van der Waals surface area contributed by atoms with Gasteiger partial charge in [0.2, 0.25) is 0 Å². The van der Waals surface area contributed by atoms with Gasteiger partial charge in [-0.15, -0.1) is 0 Å². The van der Waals surface area contributed by atoms with Gasteiger partial charge in [0.25, 0.3) is 0 Å². The summed E-state index contributed by atoms with van der Waals surface area (Å²) in [6.07, 6.45) is 1.74. The Morgan fingerprint density at radius 2 is 1.82 bits per heavy atom. The van der Waals surface area contributed by atoms with Gasteiger partial charge in [-0.05, 0) is 51.7 Å². The molecule has 5 rings (SSSR count). The Labute approximate surface area is 226 Å². The number of fused-ring (bicyclic) bond motifs is 3. The van der Waals surface area contributed by atoms with Crippen LogP contribution in [0.1, 0.15) is 49.5 Å². The predicted octanol–water partition coefficient (Wildman–Crippen LogP) is 7.61. The van der Waals surface area contributed by atoms with Crippen LogP contribution in [-0.4, -0.2) is 36.6 Å². The van der Waals surface area contributed by atoms with Gasteiger partial charge in [0.05, 0.1) is 28.4 Å². The van der Waals surface area contributed by atoms with E-state index in [9.17, 15) is 8.78 Å². The van der Waals surface area contributed by atoms with Crippen LogP contribution in [0.25, 0.3) is 22.2 Å². The highest BCUT2D eigenvalue weighted by Crippen LogP contribution is 2.46. The van der Waals surface area contributed by atoms with Crippen molar-refractivity contribution in [2.24, 2.45) is 0 Å². The van der Waals surface area contributed by atoms with Crippen LogP contribution in [0, 0.1) is 5.82 Å². The zero-order chi connectivity index (χ0) is 28.1. The highest BCUT2D eigenvalue weighted by Gasteiger charge is 2.37. The maximum Gasteiger partial charge on any atom is 0.387 e. The molecule has 0 saturated carbocycles. The minimum Gasteiger partial charge on any atom is -0.434 e. The molecule has 3 heterocycles. The lowest BCUT2D eigenvalue weighted by molar-refractivity contribution is -0.0507. The van der Waals surface area contributed by atoms with Gasteiger partial charge < -0.3 is 18.5 Å². The summed E-state index contributed by atoms with van der Waals surface area (Å²) in [5.74, 6) is 0.269. The maximum atomic E-state index is 15.4. The van der Waals surface area contributed by atoms with Gasteiger partial charge in [0.1, 0.15) is 23.5 Å². The molecule has 6 nitrogen and oxygen atoms in total. The van der Waals surface area contributed by atoms with Crippen LogP contribution in [0.15, 0.2) is 54.7 Å². The van der Waals surface area contributed by atoms with E-state index in [-0.39, 0.29) is 17.9 Å². The number of para-hydroxylation sites is 1. The molecule has 1 aliphatic rings. The van der Waals surface area contributed by atoms with Gasteiger partial charge >= 0.3 is 6.61 Å². The molecule has 0 amide bonds. The smallest absolute Gasteiger partial charge is 0.387 e. The quantitative estimate of drug-likeness (QED) is 0.210. The van der Waals surface area contributed by atoms with Gasteiger partial charge in [-0.2, -0.15) is 8.78 Å². The number of rotatable bonds is 8. The van der Waals surface area contributed by atoms with E-state index < -0.39 is 26.3 Å². The van der Waals surface area contributed by atoms with Crippen molar-refractivity contribution >= 4 is 19.4 Å². The normalized spacial score (nSPS) is 17.7. The summed E-state index contributed by atoms with van der Waals surface area (Å²) in [5, 5.41) is 0. The lowest BCUT2D eigenvalue weighted by Crippen LogP contribution is -2.37. The molecule has 0 radical (unpaired) electrons. The molecule has 10 heteroatoms. The first-order chi connectivity index (χ1) is 18.4. The summed E-state index contributed by atoms with van der Waals surface area (Å²) in [5.41, 5.74) is 2.87. The maximum absolute atomic E-state index is 15.4. The van der Waals surface area contributed by atoms with Crippen molar-refractivity contribution in [3.63, 3.8) is 0 Å². The number of alkyl halides is 2. The van der Waals surface area contributed by atoms with Crippen molar-refractivity contribution in [1.29, 1.82) is 0 Å². The first kappa shape index (κ1) is 27.4. The van der Waals surface area contributed by atoms with Crippen LogP contribution in [0.4, 0.5) is 13.2 Å². The summed E-state index contributed by atoms with van der Waals surface area (Å²) < 4.78 is 60.5. The minimum absolute atomic E-state index is 0.0901. The summed E-state index contributed by atoms with van der Waals surface area (Å²) >= 11 is 0. The molecule has 2 atom stereocenters. The topological polar surface area (TPSA) is 58.4 Å². The van der Waals surface area contributed by atoms with E-state index in [1.807, 2.05) is 30.5 Å². The molecule has 0 N–H and O–H groups in total. The standard InChI is InChI=1S/C29H32F3N3O3Si/c1-29(2,38-39(4,5)6)26-12-11-17(16-33-26)19-13-23-21(14-20(19)30)34-27-25(36-3)15-22(35(23)27)18-9-7-8-10-24(18)37-28(31)32/h7-14,16,22,25,28H,15H2,1-6H3/t22-,25-/m0/s1. The van der Waals surface area contributed by atoms with Crippen molar-refractivity contribution in [2.45, 2.75) is 64.3 Å². The number of methoxy groups -OCH3 is 1. The van der Waals surface area contributed by atoms with Gasteiger partial charge in [0, 0.05) is 42.5 Å². The molecule has 0 bridgehead atoms. The molecule has 0 aliphatic carbocycles. The third kappa shape index (κ3) is 5.33. The second-order valence-corrected chi connectivity index (χ2v) is 15.6. The van der Waals surface area contributed by atoms with E-state index in [1.165, 1.54) is 12.1 Å². The molecule has 0 spiro atoms. The highest BCUT2D eigenvalue weighted by atomic mass is 28.4. The van der Waals surface area contributed by atoms with E-state index in [2.05, 4.69) is 29.6 Å². The van der Waals surface area contributed by atoms with E-state index in [0.29, 0.717) is 40.0 Å². The van der Waals surface area contributed by atoms with E-state index in [1.54, 1.807) is 37.6 Å². The van der Waals surface area contributed by atoms with Gasteiger partial charge in [-0.25, -0.2) is 9.37 Å². The fourth-order valence-corrected chi connectivity index (χ4v) is 7.11. The number of hydrogen-bond donors (Lipinski definition) is 0. The van der Waals surface area contributed by atoms with E-state index >= 15 is 4.39 Å². The molecule has 0 unspecified atom stereocenters. The number of imidazole rings is 1. The van der Waals surface area contributed by atoms with Crippen LogP contribution in [0.2, 0.25) is 19.6 Å². The molecule has 2 aromatic carbocycles. The molecular weight excluding hydrogens is 523 g/mol. The third-order valence-electron chi connectivity index (χ3n) is 6.87. The van der Waals surface area contributed by atoms with Gasteiger partial charge in [-0.1, -0.05) is 24.3 Å². The lowest BCUT2D eigenvalue weighted by atomic mass is 10.0. The second kappa shape index (κ2) is 10.1. The van der Waals surface area contributed by atoms with Crippen LogP contribution >= 0.6 is 0 Å². The molecule has 0 fully saturated rings. The van der Waals surface area contributed by atoms with Crippen molar-refractivity contribution < 1.29 is 27.1 Å². The average molecular weight is 556 g/mol. The highest BCUT2D eigenvalue weighted by molar-refractivity contribution is 6.69. The fraction of sp³-hybridized carbons (Fsp3) is 0.379. The van der Waals surface area contributed by atoms with Crippen molar-refractivity contribution in [2.75, 3.05) is 7.11 Å². The molecular formula is C29H32F3N3O3Si. The molecule has 39 heavy (non-hydrogen) atoms. The second-order valence-electron chi connectivity index (χ2n) is 11.2. The summed E-state index contributed by atoms with van der Waals surface area (Å²) in [7, 11) is -0.248. The molecule has 206 valence electrons. The Hall–Kier alpha value is -3.21. The third-order valence-corrected chi connectivity index (χ3v) is 8.00. The Morgan fingerprint density at radius 3 is 2.46 bits per heavy atom. The summed E-state index contributed by atoms with van der Waals surface area (Å²) in [6.45, 7) is 7.38. The number of aromatic nitrogens is 3. The van der Waals surface area contributed by atoms with Crippen molar-refractivity contribution in [3.8, 4) is 16.9 Å². The predicted molar refractivity (Wildman–Crippen MR) is 146 cm³/mol. The Bertz CT molecular complexity index is 1500. The number of nitrogens with zero attached hydrogens (tertiary/aromatic N) is 3. The Morgan fingerprint density at radius 1 is 1.08 bits per heavy atom. The lowest BCUT2D eigenvalue weighted by Gasteiger charge is -2.32. The number of pyridine rings is 1. The summed E-state index contributed by atoms with van der Waals surface area (Å²) in [6, 6.07) is 13.2. The zero-order valence-electron chi connectivity index (χ0n) is 22.8. The minimum atomic E-state index is -2.96. The largest absolute Gasteiger partial charge is 0.434 e. The summed E-state index contributed by atoms with van der Waals surface area (Å²) in [4.78, 5) is 9.29. The monoisotopic (exact) mass is 555 g/mol. The Balaban J connectivity index is 1.59. The Kier molecular flexibility index (Phi) is 7.07. The van der Waals surface area contributed by atoms with Gasteiger partial charge in [-0.3, -0.25) is 4.98 Å². The molecule has 0 saturated heterocycles. The van der Waals surface area contributed by atoms with Gasteiger partial charge in [0.15, 0.2) is 8.32 Å². The average Bonchev–Trinajstić information content (AvgIpc) is 3.38. The number of benzene rings is 2. The fourth-order valence-electron chi connectivity index (χ4n) is 5.48. The van der Waals surface area contributed by atoms with Crippen LogP contribution < -0.4 is 4.74 Å². The van der Waals surface area contributed by atoms with Crippen LogP contribution in [0.3, 0.4) is 0 Å². The molecule has 2 aromatic heterocycles. The molecule has 1 aliphatic heterocycles. The SMILES string of the molecule is CO[C@H]1C[C@@H](c2ccccc2OC(F)F)n2c1nc1cc(F)c(-c3ccc(C(C)(C)O[Si](C)(C)C)nc3)cc12. The molecule has 4 aromatic rings. The van der Waals surface area contributed by atoms with Crippen LogP contribution in [0.5, 0.6) is 5.75 Å². The van der Waals surface area contributed by atoms with E-state index in [0.717, 1.165) is 5.69 Å². The first-order valence-corrected chi connectivity index (χ1v) is 16.2.